The van der Waals surface area contributed by atoms with Crippen molar-refractivity contribution in [3.05, 3.63) is 12.7 Å². The number of ether oxygens (including phenoxy) is 1. The zero-order valence-electron chi connectivity index (χ0n) is 11.5. The zero-order chi connectivity index (χ0) is 16.8. The molecule has 13 heteroatoms. The minimum atomic E-state index is -4.72. The van der Waals surface area contributed by atoms with E-state index in [9.17, 15) is 14.8 Å². The number of aliphatic hydroxyl groups is 2. The van der Waals surface area contributed by atoms with Gasteiger partial charge in [0, 0.05) is 0 Å². The van der Waals surface area contributed by atoms with Crippen LogP contribution in [0.2, 0.25) is 0 Å². The van der Waals surface area contributed by atoms with Crippen LogP contribution in [0.4, 0.5) is 5.82 Å². The summed E-state index contributed by atoms with van der Waals surface area (Å²) in [7, 11) is -4.72. The van der Waals surface area contributed by atoms with Gasteiger partial charge in [-0.05, 0) is 0 Å². The molecule has 0 spiro atoms. The van der Waals surface area contributed by atoms with Gasteiger partial charge in [-0.3, -0.25) is 9.09 Å². The van der Waals surface area contributed by atoms with Gasteiger partial charge in [-0.1, -0.05) is 14.9 Å². The molecular weight excluding hydrogens is 357 g/mol. The molecule has 3 rings (SSSR count). The summed E-state index contributed by atoms with van der Waals surface area (Å²) in [5.41, 5.74) is 6.25. The Morgan fingerprint density at radius 1 is 1.24 bits per heavy atom. The van der Waals surface area contributed by atoms with Crippen molar-refractivity contribution in [1.29, 1.82) is 0 Å². The van der Waals surface area contributed by atoms with Gasteiger partial charge >= 0.3 is 7.82 Å². The lowest BCUT2D eigenvalue weighted by atomic mass is 10.1. The van der Waals surface area contributed by atoms with Crippen LogP contribution in [-0.2, 0) is 13.8 Å². The molecule has 0 aromatic carbocycles. The van der Waals surface area contributed by atoms with Crippen molar-refractivity contribution in [2.75, 3.05) is 12.3 Å². The number of phosphoric ester groups is 1. The summed E-state index contributed by atoms with van der Waals surface area (Å²) < 4.78 is 21.8. The number of hydrogen-bond acceptors (Lipinski definition) is 9. The topological polar surface area (TPSA) is 186 Å². The van der Waals surface area contributed by atoms with Gasteiger partial charge in [0.1, 0.15) is 30.2 Å². The number of aromatic nitrogens is 4. The molecule has 1 fully saturated rings. The predicted molar refractivity (Wildman–Crippen MR) is 87.1 cm³/mol. The zero-order valence-corrected chi connectivity index (χ0v) is 12.4. The van der Waals surface area contributed by atoms with E-state index in [4.69, 9.17) is 20.3 Å². The maximum absolute atomic E-state index is 10.7. The average Bonchev–Trinajstić information content (AvgIpc) is 3.01. The fraction of sp³-hybridized carbons (Fsp3) is 0.583. The second-order valence-corrected chi connectivity index (χ2v) is 6.15. The first kappa shape index (κ1) is 21.4. The third-order valence-corrected chi connectivity index (χ3v) is 3.89. The highest BCUT2D eigenvalue weighted by atomic mass is 31.2. The first-order valence-corrected chi connectivity index (χ1v) is 7.95. The Labute approximate surface area is 143 Å². The van der Waals surface area contributed by atoms with Gasteiger partial charge in [0.2, 0.25) is 0 Å². The van der Waals surface area contributed by atoms with Crippen molar-refractivity contribution in [2.24, 2.45) is 0 Å². The number of rotatable bonds is 4. The van der Waals surface area contributed by atoms with E-state index in [-0.39, 0.29) is 26.3 Å². The van der Waals surface area contributed by atoms with E-state index in [2.05, 4.69) is 19.5 Å². The molecule has 2 aromatic heterocycles. The minimum Gasteiger partial charge on any atom is -0.387 e. The third-order valence-electron chi connectivity index (χ3n) is 3.41. The number of imidazole rings is 1. The van der Waals surface area contributed by atoms with E-state index in [1.54, 1.807) is 0 Å². The summed E-state index contributed by atoms with van der Waals surface area (Å²) >= 11 is 0. The fourth-order valence-electron chi connectivity index (χ4n) is 2.32. The quantitative estimate of drug-likeness (QED) is 0.427. The lowest BCUT2D eigenvalue weighted by molar-refractivity contribution is -0.0504. The summed E-state index contributed by atoms with van der Waals surface area (Å²) in [6.07, 6.45) is -2.49. The van der Waals surface area contributed by atoms with Gasteiger partial charge < -0.3 is 30.5 Å². The molecule has 6 N–H and O–H groups in total. The molecule has 1 aliphatic heterocycles. The summed E-state index contributed by atoms with van der Waals surface area (Å²) in [6.45, 7) is -0.594. The second-order valence-electron chi connectivity index (χ2n) is 4.92. The van der Waals surface area contributed by atoms with E-state index in [0.717, 1.165) is 0 Å². The number of nitrogen functional groups attached to an aromatic ring is 1. The molecule has 0 bridgehead atoms. The number of aliphatic hydroxyl groups excluding tert-OH is 2. The van der Waals surface area contributed by atoms with Gasteiger partial charge in [0.05, 0.1) is 12.9 Å². The maximum Gasteiger partial charge on any atom is 0.469 e. The van der Waals surface area contributed by atoms with E-state index in [1.165, 1.54) is 17.2 Å². The Morgan fingerprint density at radius 3 is 2.56 bits per heavy atom. The molecule has 0 saturated carbocycles. The molecule has 4 atom stereocenters. The number of fused-ring (bicyclic) bond motifs is 1. The summed E-state index contributed by atoms with van der Waals surface area (Å²) in [5, 5.41) is 20.1. The van der Waals surface area contributed by atoms with Crippen LogP contribution in [-0.4, -0.2) is 64.4 Å². The summed E-state index contributed by atoms with van der Waals surface area (Å²) in [6, 6.07) is 0. The van der Waals surface area contributed by atoms with Crippen LogP contribution >= 0.6 is 7.82 Å². The predicted octanol–water partition coefficient (Wildman–Crippen LogP) is -0.591. The Bertz CT molecular complexity index is 765. The smallest absolute Gasteiger partial charge is 0.387 e. The van der Waals surface area contributed by atoms with Gasteiger partial charge in [-0.15, -0.1) is 0 Å². The number of anilines is 1. The van der Waals surface area contributed by atoms with Gasteiger partial charge in [-0.25, -0.2) is 19.5 Å². The van der Waals surface area contributed by atoms with E-state index < -0.39 is 39.0 Å². The molecule has 0 aliphatic carbocycles. The molecule has 1 saturated heterocycles. The Hall–Kier alpha value is -1.66. The van der Waals surface area contributed by atoms with Crippen molar-refractivity contribution < 1.29 is 33.8 Å². The molecule has 0 radical (unpaired) electrons. The van der Waals surface area contributed by atoms with Crippen LogP contribution < -0.4 is 5.73 Å². The Kier molecular flexibility index (Phi) is 6.59. The van der Waals surface area contributed by atoms with Crippen molar-refractivity contribution >= 4 is 24.8 Å². The number of hydrogen-bond donors (Lipinski definition) is 5. The van der Waals surface area contributed by atoms with Crippen LogP contribution in [0.25, 0.3) is 11.2 Å². The lowest BCUT2D eigenvalue weighted by Crippen LogP contribution is -2.33. The monoisotopic (exact) mass is 379 g/mol. The second kappa shape index (κ2) is 7.70. The van der Waals surface area contributed by atoms with E-state index >= 15 is 0 Å². The summed E-state index contributed by atoms with van der Waals surface area (Å²) in [4.78, 5) is 29.2. The fourth-order valence-corrected chi connectivity index (χ4v) is 2.66. The van der Waals surface area contributed by atoms with Crippen LogP contribution in [0.3, 0.4) is 0 Å². The molecule has 142 valence electrons. The molecule has 0 amide bonds. The van der Waals surface area contributed by atoms with Gasteiger partial charge in [-0.2, -0.15) is 0 Å². The molecule has 12 nitrogen and oxygen atoms in total. The van der Waals surface area contributed by atoms with Crippen LogP contribution in [0.5, 0.6) is 0 Å². The molecular formula is C12H22N5O7P. The molecule has 1 aliphatic rings. The highest BCUT2D eigenvalue weighted by Gasteiger charge is 2.45. The number of nitrogens with zero attached hydrogens (tertiary/aromatic N) is 4. The third kappa shape index (κ3) is 4.12. The van der Waals surface area contributed by atoms with Crippen LogP contribution in [0.1, 0.15) is 21.1 Å². The molecule has 3 heterocycles. The summed E-state index contributed by atoms with van der Waals surface area (Å²) in [5.74, 6) is 0.142. The average molecular weight is 379 g/mol. The van der Waals surface area contributed by atoms with Crippen molar-refractivity contribution in [2.45, 2.75) is 39.4 Å². The Morgan fingerprint density at radius 2 is 1.92 bits per heavy atom. The maximum atomic E-state index is 10.7. The highest BCUT2D eigenvalue weighted by Crippen LogP contribution is 2.38. The first-order chi connectivity index (χ1) is 10.8. The first-order valence-electron chi connectivity index (χ1n) is 6.42. The lowest BCUT2D eigenvalue weighted by Gasteiger charge is -2.16. The minimum absolute atomic E-state index is 0. The normalized spacial score (nSPS) is 26.2. The Balaban J connectivity index is 0.00000156. The van der Waals surface area contributed by atoms with Crippen molar-refractivity contribution in [3.8, 4) is 0 Å². The molecule has 4 unspecified atom stereocenters. The van der Waals surface area contributed by atoms with Crippen molar-refractivity contribution in [1.82, 2.24) is 19.5 Å². The number of nitrogens with two attached hydrogens (primary N) is 1. The standard InChI is InChI=1S/C10H14N5O7P.2CH4/c11-8-5-9(13-2-12-8)15(3-14-5)10-7(17)6(16)4(22-10)1-21-23(18,19)20;;/h2-4,6-7,10,16-17H,1H2,(H2,11,12,13)(H2,18,19,20);2*1H4. The van der Waals surface area contributed by atoms with Crippen molar-refractivity contribution in [3.63, 3.8) is 0 Å². The molecule has 2 aromatic rings. The highest BCUT2D eigenvalue weighted by molar-refractivity contribution is 7.46. The van der Waals surface area contributed by atoms with Crippen LogP contribution in [0.15, 0.2) is 12.7 Å². The van der Waals surface area contributed by atoms with E-state index in [0.29, 0.717) is 5.52 Å². The van der Waals surface area contributed by atoms with Crippen LogP contribution in [0, 0.1) is 0 Å². The van der Waals surface area contributed by atoms with E-state index in [1.807, 2.05) is 0 Å². The largest absolute Gasteiger partial charge is 0.469 e. The molecule has 25 heavy (non-hydrogen) atoms. The van der Waals surface area contributed by atoms with Gasteiger partial charge in [0.25, 0.3) is 0 Å². The van der Waals surface area contributed by atoms with Gasteiger partial charge in [0.15, 0.2) is 17.7 Å². The SMILES string of the molecule is C.C.Nc1ncnc2c1ncn2C1OC(COP(=O)(O)O)C(O)C1O. The number of phosphoric acid groups is 1.